The van der Waals surface area contributed by atoms with Crippen molar-refractivity contribution in [2.45, 2.75) is 219 Å². The second-order valence-electron chi connectivity index (χ2n) is 14.1. The minimum absolute atomic E-state index is 1.06. The molecule has 0 amide bonds. The third-order valence-electron chi connectivity index (χ3n) is 10.1. The molecular formula is C40H80N+. The van der Waals surface area contributed by atoms with Gasteiger partial charge in [0, 0.05) is 0 Å². The minimum atomic E-state index is 1.06. The van der Waals surface area contributed by atoms with Gasteiger partial charge in [0.05, 0.1) is 19.6 Å². The zero-order valence-electron chi connectivity index (χ0n) is 29.0. The first-order valence-corrected chi connectivity index (χ1v) is 19.8. The Morgan fingerprint density at radius 3 is 1.17 bits per heavy atom. The number of rotatable bonds is 32. The van der Waals surface area contributed by atoms with Crippen LogP contribution in [0, 0.1) is 5.92 Å². The lowest BCUT2D eigenvalue weighted by molar-refractivity contribution is -0.906. The smallest absolute Gasteiger partial charge is 0.0773 e. The standard InChI is InChI=1S/C40H79N/c1-3-5-7-9-11-13-15-17-19-21-23-25-27-29-31-33-37-41-38-35-40(36-39-41)34-32-30-28-26-24-22-20-18-16-14-12-10-8-6-4-2/h17,19,40H,3-16,18,20-39H2,1-2H3/p+1/b19-17-. The summed E-state index contributed by atoms with van der Waals surface area (Å²) in [5.41, 5.74) is 0. The number of unbranched alkanes of at least 4 members (excludes halogenated alkanes) is 26. The molecule has 0 radical (unpaired) electrons. The van der Waals surface area contributed by atoms with E-state index in [2.05, 4.69) is 26.0 Å². The van der Waals surface area contributed by atoms with E-state index in [1.165, 1.54) is 225 Å². The van der Waals surface area contributed by atoms with E-state index in [4.69, 9.17) is 0 Å². The van der Waals surface area contributed by atoms with Gasteiger partial charge in [-0.1, -0.05) is 180 Å². The fraction of sp³-hybridized carbons (Fsp3) is 0.950. The monoisotopic (exact) mass is 575 g/mol. The van der Waals surface area contributed by atoms with Crippen LogP contribution in [0.5, 0.6) is 0 Å². The lowest BCUT2D eigenvalue weighted by Crippen LogP contribution is -3.13. The zero-order valence-corrected chi connectivity index (χ0v) is 29.0. The Morgan fingerprint density at radius 2 is 0.756 bits per heavy atom. The van der Waals surface area contributed by atoms with Gasteiger partial charge in [-0.3, -0.25) is 0 Å². The van der Waals surface area contributed by atoms with Gasteiger partial charge >= 0.3 is 0 Å². The van der Waals surface area contributed by atoms with Gasteiger partial charge in [-0.15, -0.1) is 0 Å². The molecule has 0 aromatic heterocycles. The molecule has 0 aromatic carbocycles. The van der Waals surface area contributed by atoms with Gasteiger partial charge in [0.1, 0.15) is 0 Å². The number of nitrogens with one attached hydrogen (secondary N) is 1. The quantitative estimate of drug-likeness (QED) is 0.0602. The Kier molecular flexibility index (Phi) is 30.8. The van der Waals surface area contributed by atoms with Gasteiger partial charge in [-0.05, 0) is 57.3 Å². The van der Waals surface area contributed by atoms with E-state index in [-0.39, 0.29) is 0 Å². The Labute approximate surface area is 261 Å². The van der Waals surface area contributed by atoms with Gasteiger partial charge in [0.25, 0.3) is 0 Å². The molecule has 0 saturated carbocycles. The normalized spacial score (nSPS) is 17.6. The number of hydrogen-bond donors (Lipinski definition) is 1. The molecule has 1 heterocycles. The molecule has 1 aliphatic heterocycles. The second-order valence-corrected chi connectivity index (χ2v) is 14.1. The summed E-state index contributed by atoms with van der Waals surface area (Å²) >= 11 is 0. The molecule has 1 saturated heterocycles. The summed E-state index contributed by atoms with van der Waals surface area (Å²) < 4.78 is 0. The maximum Gasteiger partial charge on any atom is 0.0773 e. The molecule has 1 aliphatic rings. The van der Waals surface area contributed by atoms with Crippen molar-refractivity contribution < 1.29 is 4.90 Å². The summed E-state index contributed by atoms with van der Waals surface area (Å²) in [6.07, 6.45) is 51.5. The van der Waals surface area contributed by atoms with Gasteiger partial charge < -0.3 is 4.90 Å². The van der Waals surface area contributed by atoms with Gasteiger partial charge in [-0.25, -0.2) is 0 Å². The third-order valence-corrected chi connectivity index (χ3v) is 10.1. The highest BCUT2D eigenvalue weighted by Crippen LogP contribution is 2.20. The summed E-state index contributed by atoms with van der Waals surface area (Å²) in [4.78, 5) is 1.92. The van der Waals surface area contributed by atoms with E-state index >= 15 is 0 Å². The summed E-state index contributed by atoms with van der Waals surface area (Å²) in [7, 11) is 0. The number of allylic oxidation sites excluding steroid dienone is 2. The van der Waals surface area contributed by atoms with E-state index in [1.54, 1.807) is 0 Å². The van der Waals surface area contributed by atoms with Crippen molar-refractivity contribution >= 4 is 0 Å². The Bertz CT molecular complexity index is 503. The molecule has 41 heavy (non-hydrogen) atoms. The molecule has 1 nitrogen and oxygen atoms in total. The molecule has 1 N–H and O–H groups in total. The number of hydrogen-bond acceptors (Lipinski definition) is 0. The first-order chi connectivity index (χ1) is 20.4. The molecular weight excluding hydrogens is 494 g/mol. The lowest BCUT2D eigenvalue weighted by Gasteiger charge is -2.29. The number of quaternary nitrogens is 1. The summed E-state index contributed by atoms with van der Waals surface area (Å²) in [6.45, 7) is 9.00. The molecule has 0 bridgehead atoms. The van der Waals surface area contributed by atoms with E-state index in [0.29, 0.717) is 0 Å². The highest BCUT2D eigenvalue weighted by atomic mass is 15.1. The maximum absolute atomic E-state index is 2.46. The third kappa shape index (κ3) is 28.2. The highest BCUT2D eigenvalue weighted by molar-refractivity contribution is 4.81. The fourth-order valence-electron chi connectivity index (χ4n) is 7.05. The summed E-state index contributed by atoms with van der Waals surface area (Å²) in [5.74, 6) is 1.06. The molecule has 0 spiro atoms. The molecule has 0 aliphatic carbocycles. The molecule has 1 fully saturated rings. The van der Waals surface area contributed by atoms with Crippen LogP contribution in [0.3, 0.4) is 0 Å². The van der Waals surface area contributed by atoms with Gasteiger partial charge in [0.2, 0.25) is 0 Å². The predicted molar refractivity (Wildman–Crippen MR) is 187 cm³/mol. The topological polar surface area (TPSA) is 4.44 Å². The van der Waals surface area contributed by atoms with Gasteiger partial charge in [0.15, 0.2) is 0 Å². The van der Waals surface area contributed by atoms with E-state index in [1.807, 2.05) is 4.90 Å². The van der Waals surface area contributed by atoms with Crippen LogP contribution in [0.25, 0.3) is 0 Å². The predicted octanol–water partition coefficient (Wildman–Crippen LogP) is 12.6. The molecule has 0 unspecified atom stereocenters. The number of likely N-dealkylation sites (tertiary alicyclic amines) is 1. The lowest BCUT2D eigenvalue weighted by atomic mass is 9.91. The van der Waals surface area contributed by atoms with Crippen LogP contribution < -0.4 is 4.90 Å². The van der Waals surface area contributed by atoms with Crippen molar-refractivity contribution in [3.8, 4) is 0 Å². The average Bonchev–Trinajstić information content (AvgIpc) is 2.99. The Hall–Kier alpha value is -0.300. The minimum Gasteiger partial charge on any atom is -0.335 e. The second kappa shape index (κ2) is 32.6. The fourth-order valence-corrected chi connectivity index (χ4v) is 7.05. The van der Waals surface area contributed by atoms with Crippen molar-refractivity contribution in [1.82, 2.24) is 0 Å². The van der Waals surface area contributed by atoms with Crippen LogP contribution in [-0.4, -0.2) is 19.6 Å². The van der Waals surface area contributed by atoms with Crippen molar-refractivity contribution in [2.24, 2.45) is 5.92 Å². The molecule has 244 valence electrons. The van der Waals surface area contributed by atoms with Crippen molar-refractivity contribution in [3.05, 3.63) is 12.2 Å². The Morgan fingerprint density at radius 1 is 0.415 bits per heavy atom. The maximum atomic E-state index is 2.46. The molecule has 0 atom stereocenters. The van der Waals surface area contributed by atoms with E-state index in [9.17, 15) is 0 Å². The van der Waals surface area contributed by atoms with Crippen molar-refractivity contribution in [1.29, 1.82) is 0 Å². The Balaban J connectivity index is 1.75. The molecule has 0 aromatic rings. The van der Waals surface area contributed by atoms with E-state index in [0.717, 1.165) is 5.92 Å². The number of piperidine rings is 1. The average molecular weight is 575 g/mol. The van der Waals surface area contributed by atoms with Crippen LogP contribution in [-0.2, 0) is 0 Å². The largest absolute Gasteiger partial charge is 0.335 e. The summed E-state index contributed by atoms with van der Waals surface area (Å²) in [6, 6.07) is 0. The zero-order chi connectivity index (χ0) is 29.3. The highest BCUT2D eigenvalue weighted by Gasteiger charge is 2.21. The molecule has 1 heteroatoms. The van der Waals surface area contributed by atoms with Crippen LogP contribution >= 0.6 is 0 Å². The van der Waals surface area contributed by atoms with Crippen molar-refractivity contribution in [2.75, 3.05) is 19.6 Å². The van der Waals surface area contributed by atoms with Crippen molar-refractivity contribution in [3.63, 3.8) is 0 Å². The van der Waals surface area contributed by atoms with E-state index < -0.39 is 0 Å². The molecule has 1 rings (SSSR count). The van der Waals surface area contributed by atoms with Crippen LogP contribution in [0.15, 0.2) is 12.2 Å². The first-order valence-electron chi connectivity index (χ1n) is 19.8. The first kappa shape index (κ1) is 38.7. The SMILES string of the molecule is CCCCCCCC/C=C\CCCCCCCC[NH+]1CCC(CCCCCCCCCCCCCCCCC)CC1. The van der Waals surface area contributed by atoms with Crippen LogP contribution in [0.2, 0.25) is 0 Å². The summed E-state index contributed by atoms with van der Waals surface area (Å²) in [5, 5.41) is 0. The van der Waals surface area contributed by atoms with Crippen LogP contribution in [0.4, 0.5) is 0 Å². The van der Waals surface area contributed by atoms with Gasteiger partial charge in [-0.2, -0.15) is 0 Å². The van der Waals surface area contributed by atoms with Crippen LogP contribution in [0.1, 0.15) is 219 Å².